The van der Waals surface area contributed by atoms with Crippen molar-refractivity contribution in [2.45, 2.75) is 24.3 Å². The van der Waals surface area contributed by atoms with Gasteiger partial charge in [0.1, 0.15) is 11.6 Å². The van der Waals surface area contributed by atoms with Crippen LogP contribution in [-0.2, 0) is 0 Å². The summed E-state index contributed by atoms with van der Waals surface area (Å²) in [6.45, 7) is 4.23. The first kappa shape index (κ1) is 18.1. The molecule has 7 heteroatoms. The minimum absolute atomic E-state index is 0.0660. The highest BCUT2D eigenvalue weighted by Crippen LogP contribution is 2.29. The van der Waals surface area contributed by atoms with Gasteiger partial charge in [-0.1, -0.05) is 23.9 Å². The van der Waals surface area contributed by atoms with Gasteiger partial charge in [0.15, 0.2) is 5.78 Å². The maximum atomic E-state index is 13.8. The van der Waals surface area contributed by atoms with E-state index in [4.69, 9.17) is 9.15 Å². The Kier molecular flexibility index (Phi) is 5.68. The second-order valence-electron chi connectivity index (χ2n) is 5.43. The molecule has 1 unspecified atom stereocenters. The van der Waals surface area contributed by atoms with Gasteiger partial charge in [-0.05, 0) is 50.2 Å². The van der Waals surface area contributed by atoms with Crippen LogP contribution < -0.4 is 4.74 Å². The second kappa shape index (κ2) is 8.14. The molecule has 0 saturated carbocycles. The Hall–Kier alpha value is -2.67. The Labute approximate surface area is 154 Å². The number of thioether (sulfide) groups is 1. The van der Waals surface area contributed by atoms with E-state index in [0.717, 1.165) is 17.5 Å². The molecule has 0 spiro atoms. The van der Waals surface area contributed by atoms with E-state index < -0.39 is 11.1 Å². The molecule has 0 radical (unpaired) electrons. The molecule has 0 N–H and O–H groups in total. The molecule has 2 aromatic carbocycles. The van der Waals surface area contributed by atoms with Crippen molar-refractivity contribution >= 4 is 17.5 Å². The quantitative estimate of drug-likeness (QED) is 0.445. The number of Topliss-reactive ketones (excluding diaryl/α,β-unsaturated/α-hetero) is 1. The fourth-order valence-electron chi connectivity index (χ4n) is 2.32. The van der Waals surface area contributed by atoms with Gasteiger partial charge >= 0.3 is 0 Å². The van der Waals surface area contributed by atoms with E-state index in [-0.39, 0.29) is 22.5 Å². The molecule has 3 rings (SSSR count). The molecule has 0 aliphatic heterocycles. The number of ether oxygens (including phenoxy) is 1. The first-order chi connectivity index (χ1) is 12.6. The summed E-state index contributed by atoms with van der Waals surface area (Å²) in [5.41, 5.74) is 0.805. The Morgan fingerprint density at radius 2 is 1.92 bits per heavy atom. The van der Waals surface area contributed by atoms with Gasteiger partial charge in [0.25, 0.3) is 11.1 Å². The van der Waals surface area contributed by atoms with E-state index in [9.17, 15) is 9.18 Å². The Balaban J connectivity index is 1.69. The molecule has 1 atom stereocenters. The van der Waals surface area contributed by atoms with Crippen molar-refractivity contribution in [3.63, 3.8) is 0 Å². The van der Waals surface area contributed by atoms with Crippen molar-refractivity contribution in [1.29, 1.82) is 0 Å². The zero-order chi connectivity index (χ0) is 18.5. The number of ketones is 1. The summed E-state index contributed by atoms with van der Waals surface area (Å²) in [6, 6.07) is 13.1. The lowest BCUT2D eigenvalue weighted by molar-refractivity contribution is 0.0993. The highest BCUT2D eigenvalue weighted by atomic mass is 32.2. The zero-order valence-electron chi connectivity index (χ0n) is 14.3. The molecule has 5 nitrogen and oxygen atoms in total. The van der Waals surface area contributed by atoms with Crippen LogP contribution in [0.1, 0.15) is 24.2 Å². The smallest absolute Gasteiger partial charge is 0.277 e. The third-order valence-electron chi connectivity index (χ3n) is 3.61. The lowest BCUT2D eigenvalue weighted by Crippen LogP contribution is -2.13. The van der Waals surface area contributed by atoms with Gasteiger partial charge in [-0.15, -0.1) is 10.2 Å². The van der Waals surface area contributed by atoms with Crippen molar-refractivity contribution in [3.05, 3.63) is 59.9 Å². The van der Waals surface area contributed by atoms with Gasteiger partial charge in [0, 0.05) is 5.56 Å². The minimum Gasteiger partial charge on any atom is -0.494 e. The molecule has 0 aliphatic rings. The first-order valence-electron chi connectivity index (χ1n) is 8.10. The molecule has 1 aromatic heterocycles. The number of hydrogen-bond donors (Lipinski definition) is 0. The van der Waals surface area contributed by atoms with Crippen LogP contribution in [0.5, 0.6) is 5.75 Å². The normalized spacial score (nSPS) is 12.0. The van der Waals surface area contributed by atoms with Crippen LogP contribution in [0.3, 0.4) is 0 Å². The van der Waals surface area contributed by atoms with Gasteiger partial charge in [-0.3, -0.25) is 4.79 Å². The maximum absolute atomic E-state index is 13.8. The number of nitrogens with zero attached hydrogens (tertiary/aromatic N) is 2. The molecular weight excluding hydrogens is 355 g/mol. The molecule has 134 valence electrons. The summed E-state index contributed by atoms with van der Waals surface area (Å²) in [5.74, 6) is 0.303. The van der Waals surface area contributed by atoms with Gasteiger partial charge in [-0.2, -0.15) is 0 Å². The van der Waals surface area contributed by atoms with E-state index >= 15 is 0 Å². The molecule has 0 bridgehead atoms. The largest absolute Gasteiger partial charge is 0.494 e. The molecule has 26 heavy (non-hydrogen) atoms. The van der Waals surface area contributed by atoms with Crippen molar-refractivity contribution in [1.82, 2.24) is 10.2 Å². The Morgan fingerprint density at radius 3 is 2.62 bits per heavy atom. The highest BCUT2D eigenvalue weighted by Gasteiger charge is 2.21. The predicted octanol–water partition coefficient (Wildman–Crippen LogP) is 4.64. The number of carbonyl (C=O) groups excluding carboxylic acids is 1. The summed E-state index contributed by atoms with van der Waals surface area (Å²) in [4.78, 5) is 12.5. The predicted molar refractivity (Wildman–Crippen MR) is 97.0 cm³/mol. The van der Waals surface area contributed by atoms with Gasteiger partial charge in [-0.25, -0.2) is 4.39 Å². The van der Waals surface area contributed by atoms with E-state index in [1.54, 1.807) is 49.4 Å². The van der Waals surface area contributed by atoms with E-state index in [0.29, 0.717) is 12.2 Å². The average molecular weight is 372 g/mol. The minimum atomic E-state index is -0.439. The first-order valence-corrected chi connectivity index (χ1v) is 8.98. The summed E-state index contributed by atoms with van der Waals surface area (Å²) in [6.07, 6.45) is 0. The number of rotatable bonds is 7. The second-order valence-corrected chi connectivity index (χ2v) is 6.73. The third kappa shape index (κ3) is 4.11. The lowest BCUT2D eigenvalue weighted by atomic mass is 10.1. The zero-order valence-corrected chi connectivity index (χ0v) is 15.1. The van der Waals surface area contributed by atoms with Crippen LogP contribution in [0.4, 0.5) is 4.39 Å². The van der Waals surface area contributed by atoms with E-state index in [1.807, 2.05) is 6.92 Å². The van der Waals surface area contributed by atoms with E-state index in [1.165, 1.54) is 6.07 Å². The van der Waals surface area contributed by atoms with Crippen LogP contribution in [-0.4, -0.2) is 27.8 Å². The van der Waals surface area contributed by atoms with Crippen molar-refractivity contribution in [3.8, 4) is 17.2 Å². The molecular formula is C19H17FN2O3S. The van der Waals surface area contributed by atoms with Gasteiger partial charge in [0.05, 0.1) is 17.4 Å². The molecule has 0 amide bonds. The monoisotopic (exact) mass is 372 g/mol. The van der Waals surface area contributed by atoms with Gasteiger partial charge in [0.2, 0.25) is 0 Å². The molecule has 1 heterocycles. The van der Waals surface area contributed by atoms with Crippen LogP contribution in [0.15, 0.2) is 58.2 Å². The number of benzene rings is 2. The van der Waals surface area contributed by atoms with Gasteiger partial charge < -0.3 is 9.15 Å². The summed E-state index contributed by atoms with van der Waals surface area (Å²) in [7, 11) is 0. The summed E-state index contributed by atoms with van der Waals surface area (Å²) in [5, 5.41) is 7.54. The number of carbonyl (C=O) groups is 1. The molecule has 3 aromatic rings. The van der Waals surface area contributed by atoms with Crippen LogP contribution >= 0.6 is 11.8 Å². The van der Waals surface area contributed by atoms with E-state index in [2.05, 4.69) is 10.2 Å². The van der Waals surface area contributed by atoms with Crippen molar-refractivity contribution in [2.24, 2.45) is 0 Å². The summed E-state index contributed by atoms with van der Waals surface area (Å²) < 4.78 is 24.6. The Bertz CT molecular complexity index is 896. The third-order valence-corrected chi connectivity index (χ3v) is 4.54. The number of hydrogen-bond acceptors (Lipinski definition) is 6. The molecule has 0 fully saturated rings. The molecule has 0 aliphatic carbocycles. The van der Waals surface area contributed by atoms with Crippen molar-refractivity contribution < 1.29 is 18.3 Å². The highest BCUT2D eigenvalue weighted by molar-refractivity contribution is 8.00. The number of halogens is 1. The summed E-state index contributed by atoms with van der Waals surface area (Å²) >= 11 is 1.14. The fourth-order valence-corrected chi connectivity index (χ4v) is 3.08. The van der Waals surface area contributed by atoms with Crippen LogP contribution in [0.25, 0.3) is 11.5 Å². The van der Waals surface area contributed by atoms with Crippen LogP contribution in [0.2, 0.25) is 0 Å². The topological polar surface area (TPSA) is 65.2 Å². The van der Waals surface area contributed by atoms with Crippen LogP contribution in [0, 0.1) is 5.82 Å². The number of aromatic nitrogens is 2. The molecule has 0 saturated heterocycles. The standard InChI is InChI=1S/C19H17FN2O3S/c1-3-24-14-10-8-13(9-11-14)17(23)12(2)26-19-22-21-18(25-19)15-6-4-5-7-16(15)20/h4-12H,3H2,1-2H3. The maximum Gasteiger partial charge on any atom is 0.277 e. The lowest BCUT2D eigenvalue weighted by Gasteiger charge is -2.08. The average Bonchev–Trinajstić information content (AvgIpc) is 3.10. The van der Waals surface area contributed by atoms with Crippen molar-refractivity contribution in [2.75, 3.05) is 6.61 Å². The Morgan fingerprint density at radius 1 is 1.19 bits per heavy atom. The SMILES string of the molecule is CCOc1ccc(C(=O)C(C)Sc2nnc(-c3ccccc3F)o2)cc1. The fraction of sp³-hybridized carbons (Fsp3) is 0.211.